The van der Waals surface area contributed by atoms with Crippen LogP contribution in [0.15, 0.2) is 108 Å². The highest BCUT2D eigenvalue weighted by Gasteiger charge is 2.34. The lowest BCUT2D eigenvalue weighted by Gasteiger charge is -2.33. The smallest absolute Gasteiger partial charge is 0.264 e. The summed E-state index contributed by atoms with van der Waals surface area (Å²) >= 11 is 0. The van der Waals surface area contributed by atoms with E-state index in [0.717, 1.165) is 21.9 Å². The highest BCUT2D eigenvalue weighted by molar-refractivity contribution is 7.92. The number of nitrogens with zero attached hydrogens (tertiary/aromatic N) is 2. The van der Waals surface area contributed by atoms with Crippen LogP contribution in [0.5, 0.6) is 17.2 Å². The number of hydrogen-bond donors (Lipinski definition) is 1. The number of carbonyl (C=O) groups excluding carboxylic acids is 2. The minimum atomic E-state index is -4.21. The maximum Gasteiger partial charge on any atom is 0.264 e. The standard InChI is InChI=1S/C37H43N3O6S/c1-6-28(4)38-37(42)35(7-2)39(25-29-12-11-15-33(24-29)45-5)36(41)26-40(47(43,44)34-22-16-27(3)17-23-34)30-18-20-32(21-19-30)46-31-13-9-8-10-14-31/h8-24,28,35H,6-7,25-26H2,1-5H3,(H,38,42)/t28-,35+/m1/s1. The summed E-state index contributed by atoms with van der Waals surface area (Å²) in [5.41, 5.74) is 1.91. The van der Waals surface area contributed by atoms with Gasteiger partial charge in [-0.25, -0.2) is 8.42 Å². The SMILES string of the molecule is CC[C@@H](C)NC(=O)[C@H](CC)N(Cc1cccc(OC)c1)C(=O)CN(c1ccc(Oc2ccccc2)cc1)S(=O)(=O)c1ccc(C)cc1. The number of methoxy groups -OCH3 is 1. The fourth-order valence-electron chi connectivity index (χ4n) is 5.00. The zero-order valence-electron chi connectivity index (χ0n) is 27.6. The number of carbonyl (C=O) groups is 2. The molecule has 4 rings (SSSR count). The number of hydrogen-bond acceptors (Lipinski definition) is 6. The van der Waals surface area contributed by atoms with Crippen LogP contribution in [0.2, 0.25) is 0 Å². The van der Waals surface area contributed by atoms with Crippen molar-refractivity contribution < 1.29 is 27.5 Å². The van der Waals surface area contributed by atoms with Gasteiger partial charge in [-0.2, -0.15) is 0 Å². The third-order valence-electron chi connectivity index (χ3n) is 7.87. The number of rotatable bonds is 15. The Balaban J connectivity index is 1.73. The summed E-state index contributed by atoms with van der Waals surface area (Å²) in [7, 11) is -2.65. The molecule has 0 radical (unpaired) electrons. The molecular formula is C37H43N3O6S. The third kappa shape index (κ3) is 9.13. The Kier molecular flexibility index (Phi) is 12.0. The molecule has 0 unspecified atom stereocenters. The number of anilines is 1. The molecule has 4 aromatic rings. The largest absolute Gasteiger partial charge is 0.497 e. The monoisotopic (exact) mass is 657 g/mol. The van der Waals surface area contributed by atoms with Gasteiger partial charge in [-0.1, -0.05) is 61.9 Å². The van der Waals surface area contributed by atoms with Gasteiger partial charge in [0.2, 0.25) is 11.8 Å². The van der Waals surface area contributed by atoms with Crippen LogP contribution >= 0.6 is 0 Å². The average Bonchev–Trinajstić information content (AvgIpc) is 3.08. The van der Waals surface area contributed by atoms with Crippen LogP contribution in [0, 0.1) is 6.92 Å². The molecule has 0 aliphatic heterocycles. The molecule has 47 heavy (non-hydrogen) atoms. The van der Waals surface area contributed by atoms with Gasteiger partial charge in [0.15, 0.2) is 0 Å². The Morgan fingerprint density at radius 3 is 2.06 bits per heavy atom. The van der Waals surface area contributed by atoms with Crippen molar-refractivity contribution in [1.82, 2.24) is 10.2 Å². The second-order valence-electron chi connectivity index (χ2n) is 11.3. The lowest BCUT2D eigenvalue weighted by atomic mass is 10.1. The van der Waals surface area contributed by atoms with Crippen LogP contribution in [0.4, 0.5) is 5.69 Å². The number of ether oxygens (including phenoxy) is 2. The first kappa shape index (κ1) is 35.0. The molecule has 0 aliphatic carbocycles. The normalized spacial score (nSPS) is 12.4. The van der Waals surface area contributed by atoms with E-state index >= 15 is 0 Å². The Labute approximate surface area is 278 Å². The van der Waals surface area contributed by atoms with Gasteiger partial charge in [0, 0.05) is 12.6 Å². The summed E-state index contributed by atoms with van der Waals surface area (Å²) in [5, 5.41) is 2.99. The molecule has 2 atom stereocenters. The molecule has 10 heteroatoms. The molecule has 2 amide bonds. The molecule has 9 nitrogen and oxygen atoms in total. The summed E-state index contributed by atoms with van der Waals surface area (Å²) in [6.07, 6.45) is 1.05. The van der Waals surface area contributed by atoms with E-state index < -0.39 is 28.5 Å². The Morgan fingerprint density at radius 1 is 0.809 bits per heavy atom. The molecule has 0 spiro atoms. The van der Waals surface area contributed by atoms with Crippen molar-refractivity contribution in [3.63, 3.8) is 0 Å². The summed E-state index contributed by atoms with van der Waals surface area (Å²) in [4.78, 5) is 29.4. The number of aryl methyl sites for hydroxylation is 1. The quantitative estimate of drug-likeness (QED) is 0.152. The highest BCUT2D eigenvalue weighted by Crippen LogP contribution is 2.29. The lowest BCUT2D eigenvalue weighted by molar-refractivity contribution is -0.140. The van der Waals surface area contributed by atoms with Crippen molar-refractivity contribution in [3.8, 4) is 17.2 Å². The second kappa shape index (κ2) is 16.1. The molecule has 0 saturated heterocycles. The minimum Gasteiger partial charge on any atom is -0.497 e. The van der Waals surface area contributed by atoms with E-state index in [1.54, 1.807) is 55.6 Å². The van der Waals surface area contributed by atoms with Gasteiger partial charge in [0.25, 0.3) is 10.0 Å². The number of amides is 2. The zero-order valence-corrected chi connectivity index (χ0v) is 28.4. The molecule has 0 heterocycles. The van der Waals surface area contributed by atoms with E-state index in [4.69, 9.17) is 9.47 Å². The van der Waals surface area contributed by atoms with Crippen molar-refractivity contribution >= 4 is 27.5 Å². The van der Waals surface area contributed by atoms with Crippen LogP contribution in [0.25, 0.3) is 0 Å². The number of sulfonamides is 1. The van der Waals surface area contributed by atoms with Gasteiger partial charge in [-0.15, -0.1) is 0 Å². The van der Waals surface area contributed by atoms with Gasteiger partial charge in [0.05, 0.1) is 17.7 Å². The van der Waals surface area contributed by atoms with Gasteiger partial charge in [-0.05, 0) is 92.9 Å². The molecule has 0 saturated carbocycles. The topological polar surface area (TPSA) is 105 Å². The molecular weight excluding hydrogens is 614 g/mol. The van der Waals surface area contributed by atoms with E-state index in [-0.39, 0.29) is 29.1 Å². The molecule has 1 N–H and O–H groups in total. The first-order valence-corrected chi connectivity index (χ1v) is 17.1. The molecule has 0 aliphatic rings. The van der Waals surface area contributed by atoms with Gasteiger partial charge in [-0.3, -0.25) is 13.9 Å². The van der Waals surface area contributed by atoms with E-state index in [9.17, 15) is 18.0 Å². The van der Waals surface area contributed by atoms with Crippen LogP contribution in [-0.4, -0.2) is 50.9 Å². The fraction of sp³-hybridized carbons (Fsp3) is 0.297. The highest BCUT2D eigenvalue weighted by atomic mass is 32.2. The third-order valence-corrected chi connectivity index (χ3v) is 9.65. The maximum atomic E-state index is 14.4. The van der Waals surface area contributed by atoms with Crippen molar-refractivity contribution in [2.24, 2.45) is 0 Å². The van der Waals surface area contributed by atoms with Gasteiger partial charge in [0.1, 0.15) is 29.8 Å². The summed E-state index contributed by atoms with van der Waals surface area (Å²) in [5.74, 6) is 0.918. The summed E-state index contributed by atoms with van der Waals surface area (Å²) in [6.45, 7) is 7.11. The van der Waals surface area contributed by atoms with Crippen molar-refractivity contribution in [1.29, 1.82) is 0 Å². The van der Waals surface area contributed by atoms with Crippen LogP contribution < -0.4 is 19.1 Å². The van der Waals surface area contributed by atoms with E-state index in [2.05, 4.69) is 5.32 Å². The molecule has 0 aromatic heterocycles. The average molecular weight is 658 g/mol. The van der Waals surface area contributed by atoms with E-state index in [0.29, 0.717) is 23.7 Å². The summed E-state index contributed by atoms with van der Waals surface area (Å²) in [6, 6.07) is 28.6. The number of benzene rings is 4. The lowest BCUT2D eigenvalue weighted by Crippen LogP contribution is -2.53. The van der Waals surface area contributed by atoms with Crippen molar-refractivity contribution in [2.45, 2.75) is 64.1 Å². The Hall–Kier alpha value is -4.83. The first-order chi connectivity index (χ1) is 22.5. The van der Waals surface area contributed by atoms with Gasteiger partial charge < -0.3 is 19.7 Å². The first-order valence-electron chi connectivity index (χ1n) is 15.7. The minimum absolute atomic E-state index is 0.0430. The van der Waals surface area contributed by atoms with Gasteiger partial charge >= 0.3 is 0 Å². The van der Waals surface area contributed by atoms with Crippen molar-refractivity contribution in [3.05, 3.63) is 114 Å². The molecule has 4 aromatic carbocycles. The zero-order chi connectivity index (χ0) is 34.0. The van der Waals surface area contributed by atoms with Crippen LogP contribution in [0.1, 0.15) is 44.7 Å². The van der Waals surface area contributed by atoms with Crippen LogP contribution in [-0.2, 0) is 26.2 Å². The van der Waals surface area contributed by atoms with E-state index in [1.807, 2.05) is 70.2 Å². The second-order valence-corrected chi connectivity index (χ2v) is 13.2. The predicted octanol–water partition coefficient (Wildman–Crippen LogP) is 6.71. The molecule has 248 valence electrons. The summed E-state index contributed by atoms with van der Waals surface area (Å²) < 4.78 is 40.8. The Morgan fingerprint density at radius 2 is 1.45 bits per heavy atom. The molecule has 0 fully saturated rings. The van der Waals surface area contributed by atoms with E-state index in [1.165, 1.54) is 17.0 Å². The number of nitrogens with one attached hydrogen (secondary N) is 1. The predicted molar refractivity (Wildman–Crippen MR) is 184 cm³/mol. The Bertz CT molecular complexity index is 1730. The molecule has 0 bridgehead atoms. The number of para-hydroxylation sites is 1. The fourth-order valence-corrected chi connectivity index (χ4v) is 6.41. The van der Waals surface area contributed by atoms with Crippen molar-refractivity contribution in [2.75, 3.05) is 18.0 Å². The maximum absolute atomic E-state index is 14.4. The van der Waals surface area contributed by atoms with Crippen LogP contribution in [0.3, 0.4) is 0 Å².